The summed E-state index contributed by atoms with van der Waals surface area (Å²) in [5.74, 6) is 0.991. The monoisotopic (exact) mass is 351 g/mol. The van der Waals surface area contributed by atoms with Crippen LogP contribution >= 0.6 is 0 Å². The van der Waals surface area contributed by atoms with Crippen molar-refractivity contribution in [2.24, 2.45) is 5.92 Å². The maximum Gasteiger partial charge on any atom is 0.0725 e. The second-order valence-electron chi connectivity index (χ2n) is 8.80. The van der Waals surface area contributed by atoms with E-state index in [1.54, 1.807) is 5.56 Å². The van der Waals surface area contributed by atoms with E-state index in [2.05, 4.69) is 38.6 Å². The molecule has 0 N–H and O–H groups in total. The lowest BCUT2D eigenvalue weighted by Crippen LogP contribution is -2.37. The SMILES string of the molecule is c1cc2c3cc(C45CCC(CC4)CC5)cc4c5ccncc5n(c2cn1)c34. The van der Waals surface area contributed by atoms with Gasteiger partial charge in [0.25, 0.3) is 0 Å². The predicted octanol–water partition coefficient (Wildman–Crippen LogP) is 5.85. The van der Waals surface area contributed by atoms with Crippen LogP contribution in [-0.4, -0.2) is 14.4 Å². The van der Waals surface area contributed by atoms with E-state index in [1.165, 1.54) is 76.6 Å². The highest BCUT2D eigenvalue weighted by atomic mass is 14.9. The molecule has 3 heteroatoms. The fourth-order valence-electron chi connectivity index (χ4n) is 6.23. The molecular formula is C24H21N3. The zero-order valence-electron chi connectivity index (χ0n) is 15.3. The molecule has 8 rings (SSSR count). The number of hydrogen-bond donors (Lipinski definition) is 0. The van der Waals surface area contributed by atoms with Gasteiger partial charge in [0, 0.05) is 33.9 Å². The summed E-state index contributed by atoms with van der Waals surface area (Å²) in [4.78, 5) is 8.84. The van der Waals surface area contributed by atoms with Crippen LogP contribution in [0.5, 0.6) is 0 Å². The molecule has 27 heavy (non-hydrogen) atoms. The topological polar surface area (TPSA) is 30.2 Å². The standard InChI is InChI=1S/C24H21N3/c1-6-24(7-2-15(1)3-8-24)16-11-19-17-4-9-25-13-21(17)27-22-14-26-10-5-18(22)20(12-16)23(19)27/h4-5,9-15H,1-3,6-8H2. The maximum atomic E-state index is 4.42. The molecule has 0 unspecified atom stereocenters. The molecular weight excluding hydrogens is 330 g/mol. The highest BCUT2D eigenvalue weighted by Crippen LogP contribution is 2.53. The van der Waals surface area contributed by atoms with Crippen molar-refractivity contribution in [3.05, 3.63) is 54.6 Å². The van der Waals surface area contributed by atoms with Crippen LogP contribution in [0.3, 0.4) is 0 Å². The molecule has 2 bridgehead atoms. The van der Waals surface area contributed by atoms with E-state index < -0.39 is 0 Å². The molecule has 0 atom stereocenters. The molecule has 4 heterocycles. The number of pyridine rings is 2. The van der Waals surface area contributed by atoms with Gasteiger partial charge in [-0.1, -0.05) is 0 Å². The molecule has 3 nitrogen and oxygen atoms in total. The Morgan fingerprint density at radius 3 is 1.89 bits per heavy atom. The molecule has 4 aromatic heterocycles. The van der Waals surface area contributed by atoms with Crippen molar-refractivity contribution in [2.75, 3.05) is 0 Å². The van der Waals surface area contributed by atoms with Crippen molar-refractivity contribution in [3.63, 3.8) is 0 Å². The first-order valence-electron chi connectivity index (χ1n) is 10.2. The van der Waals surface area contributed by atoms with Crippen molar-refractivity contribution >= 4 is 38.1 Å². The zero-order chi connectivity index (χ0) is 17.6. The number of nitrogens with zero attached hydrogens (tertiary/aromatic N) is 3. The van der Waals surface area contributed by atoms with E-state index in [9.17, 15) is 0 Å². The fourth-order valence-corrected chi connectivity index (χ4v) is 6.23. The van der Waals surface area contributed by atoms with E-state index in [1.807, 2.05) is 24.8 Å². The average molecular weight is 351 g/mol. The van der Waals surface area contributed by atoms with Gasteiger partial charge in [0.2, 0.25) is 0 Å². The van der Waals surface area contributed by atoms with Crippen LogP contribution in [0.1, 0.15) is 44.1 Å². The molecule has 3 aliphatic carbocycles. The van der Waals surface area contributed by atoms with Gasteiger partial charge in [0.15, 0.2) is 0 Å². The Bertz CT molecular complexity index is 1240. The lowest BCUT2D eigenvalue weighted by molar-refractivity contribution is 0.136. The lowest BCUT2D eigenvalue weighted by Gasteiger charge is -2.47. The van der Waals surface area contributed by atoms with Crippen molar-refractivity contribution in [1.29, 1.82) is 0 Å². The minimum absolute atomic E-state index is 0.399. The Morgan fingerprint density at radius 2 is 1.33 bits per heavy atom. The molecule has 5 aromatic rings. The Kier molecular flexibility index (Phi) is 2.54. The van der Waals surface area contributed by atoms with Gasteiger partial charge in [0.05, 0.1) is 28.9 Å². The molecule has 0 amide bonds. The number of aromatic nitrogens is 3. The van der Waals surface area contributed by atoms with Crippen molar-refractivity contribution in [3.8, 4) is 0 Å². The van der Waals surface area contributed by atoms with Gasteiger partial charge in [0.1, 0.15) is 0 Å². The number of benzene rings is 1. The third-order valence-corrected chi connectivity index (χ3v) is 7.70. The second-order valence-corrected chi connectivity index (χ2v) is 8.80. The van der Waals surface area contributed by atoms with E-state index in [0.717, 1.165) is 5.92 Å². The zero-order valence-corrected chi connectivity index (χ0v) is 15.3. The van der Waals surface area contributed by atoms with E-state index in [0.29, 0.717) is 5.41 Å². The van der Waals surface area contributed by atoms with Crippen LogP contribution < -0.4 is 0 Å². The summed E-state index contributed by atoms with van der Waals surface area (Å²) >= 11 is 0. The van der Waals surface area contributed by atoms with Gasteiger partial charge >= 0.3 is 0 Å². The lowest BCUT2D eigenvalue weighted by atomic mass is 9.58. The Morgan fingerprint density at radius 1 is 0.778 bits per heavy atom. The first kappa shape index (κ1) is 14.4. The Balaban J connectivity index is 1.67. The molecule has 3 aliphatic rings. The van der Waals surface area contributed by atoms with Gasteiger partial charge in [-0.2, -0.15) is 0 Å². The van der Waals surface area contributed by atoms with E-state index in [4.69, 9.17) is 0 Å². The predicted molar refractivity (Wildman–Crippen MR) is 110 cm³/mol. The third kappa shape index (κ3) is 1.68. The van der Waals surface area contributed by atoms with Gasteiger partial charge in [-0.3, -0.25) is 9.97 Å². The Labute approximate surface area is 157 Å². The molecule has 3 fully saturated rings. The summed E-state index contributed by atoms with van der Waals surface area (Å²) in [5, 5.41) is 5.41. The number of fused-ring (bicyclic) bond motifs is 9. The Hall–Kier alpha value is -2.68. The average Bonchev–Trinajstić information content (AvgIpc) is 3.26. The van der Waals surface area contributed by atoms with Gasteiger partial charge in [-0.05, 0) is 79.7 Å². The quantitative estimate of drug-likeness (QED) is 0.379. The summed E-state index contributed by atoms with van der Waals surface area (Å²) in [7, 11) is 0. The molecule has 0 spiro atoms. The van der Waals surface area contributed by atoms with Crippen molar-refractivity contribution < 1.29 is 0 Å². The van der Waals surface area contributed by atoms with Gasteiger partial charge in [-0.25, -0.2) is 0 Å². The number of hydrogen-bond acceptors (Lipinski definition) is 2. The smallest absolute Gasteiger partial charge is 0.0725 e. The van der Waals surface area contributed by atoms with Crippen LogP contribution in [0, 0.1) is 5.92 Å². The van der Waals surface area contributed by atoms with Crippen LogP contribution in [0.2, 0.25) is 0 Å². The minimum atomic E-state index is 0.399. The van der Waals surface area contributed by atoms with E-state index >= 15 is 0 Å². The second kappa shape index (κ2) is 4.78. The highest BCUT2D eigenvalue weighted by molar-refractivity contribution is 6.23. The summed E-state index contributed by atoms with van der Waals surface area (Å²) in [6, 6.07) is 9.39. The first-order chi connectivity index (χ1) is 13.3. The van der Waals surface area contributed by atoms with Gasteiger partial charge in [-0.15, -0.1) is 0 Å². The van der Waals surface area contributed by atoms with E-state index in [-0.39, 0.29) is 0 Å². The largest absolute Gasteiger partial charge is 0.305 e. The third-order valence-electron chi connectivity index (χ3n) is 7.70. The van der Waals surface area contributed by atoms with Crippen LogP contribution in [0.4, 0.5) is 0 Å². The summed E-state index contributed by atoms with van der Waals surface area (Å²) in [6.07, 6.45) is 16.2. The van der Waals surface area contributed by atoms with Crippen molar-refractivity contribution in [2.45, 2.75) is 43.9 Å². The van der Waals surface area contributed by atoms with Crippen LogP contribution in [0.15, 0.2) is 49.1 Å². The summed E-state index contributed by atoms with van der Waals surface area (Å²) in [6.45, 7) is 0. The molecule has 0 aliphatic heterocycles. The van der Waals surface area contributed by atoms with Gasteiger partial charge < -0.3 is 4.40 Å². The van der Waals surface area contributed by atoms with Crippen LogP contribution in [-0.2, 0) is 5.41 Å². The molecule has 0 saturated heterocycles. The van der Waals surface area contributed by atoms with Crippen LogP contribution in [0.25, 0.3) is 38.1 Å². The number of rotatable bonds is 1. The first-order valence-corrected chi connectivity index (χ1v) is 10.2. The summed E-state index contributed by atoms with van der Waals surface area (Å²) in [5.41, 5.74) is 5.70. The fraction of sp³-hybridized carbons (Fsp3) is 0.333. The molecule has 3 saturated carbocycles. The minimum Gasteiger partial charge on any atom is -0.305 e. The normalized spacial score (nSPS) is 25.4. The summed E-state index contributed by atoms with van der Waals surface area (Å²) < 4.78 is 2.37. The van der Waals surface area contributed by atoms with Crippen molar-refractivity contribution in [1.82, 2.24) is 14.4 Å². The molecule has 1 aromatic carbocycles. The molecule has 0 radical (unpaired) electrons. The highest BCUT2D eigenvalue weighted by Gasteiger charge is 2.42. The molecule has 132 valence electrons. The maximum absolute atomic E-state index is 4.42.